The van der Waals surface area contributed by atoms with Crippen LogP contribution < -0.4 is 5.32 Å². The zero-order valence-corrected chi connectivity index (χ0v) is 9.50. The minimum atomic E-state index is -1.71. The molecule has 6 heteroatoms. The molecule has 0 spiro atoms. The molecule has 1 aliphatic heterocycles. The number of nitrogens with one attached hydrogen (secondary N) is 1. The predicted molar refractivity (Wildman–Crippen MR) is 52.0 cm³/mol. The third-order valence-electron chi connectivity index (χ3n) is 1.98. The Morgan fingerprint density at radius 1 is 1.62 bits per heavy atom. The number of rotatable bonds is 1. The molecule has 1 aliphatic rings. The normalized spacial score (nSPS) is 34.8. The van der Waals surface area contributed by atoms with Crippen LogP contribution in [0, 0.1) is 0 Å². The number of ether oxygens (including phenoxy) is 1. The van der Waals surface area contributed by atoms with Crippen molar-refractivity contribution in [2.24, 2.45) is 0 Å². The summed E-state index contributed by atoms with van der Waals surface area (Å²) < 4.78 is 3.61. The summed E-state index contributed by atoms with van der Waals surface area (Å²) in [6, 6.07) is 0. The van der Waals surface area contributed by atoms with Crippen LogP contribution in [0.4, 0.5) is 0 Å². The lowest BCUT2D eigenvalue weighted by molar-refractivity contribution is -0.123. The van der Waals surface area contributed by atoms with E-state index in [1.54, 1.807) is 6.92 Å². The van der Waals surface area contributed by atoms with Gasteiger partial charge in [-0.15, -0.1) is 0 Å². The molecule has 0 radical (unpaired) electrons. The third-order valence-corrected chi connectivity index (χ3v) is 2.57. The van der Waals surface area contributed by atoms with Gasteiger partial charge in [0.25, 0.3) is 5.91 Å². The van der Waals surface area contributed by atoms with E-state index in [4.69, 9.17) is 39.5 Å². The standard InChI is InChI=1S/C7H10Cl3NO2/c1-3-6(2)11-5(12)4(13-6)7(8,9)10/h4H,3H2,1-2H3,(H,11,12)/t4-,6+/m1/s1. The van der Waals surface area contributed by atoms with E-state index in [-0.39, 0.29) is 5.91 Å². The first-order valence-electron chi connectivity index (χ1n) is 3.85. The molecule has 76 valence electrons. The van der Waals surface area contributed by atoms with Crippen LogP contribution in [0.1, 0.15) is 20.3 Å². The fraction of sp³-hybridized carbons (Fsp3) is 0.857. The second kappa shape index (κ2) is 3.46. The van der Waals surface area contributed by atoms with Gasteiger partial charge < -0.3 is 10.1 Å². The number of hydrogen-bond acceptors (Lipinski definition) is 2. The van der Waals surface area contributed by atoms with Gasteiger partial charge in [0.2, 0.25) is 3.79 Å². The molecular weight excluding hydrogens is 236 g/mol. The van der Waals surface area contributed by atoms with Gasteiger partial charge in [-0.3, -0.25) is 4.79 Å². The molecule has 1 rings (SSSR count). The summed E-state index contributed by atoms with van der Waals surface area (Å²) >= 11 is 16.7. The highest BCUT2D eigenvalue weighted by atomic mass is 35.6. The number of hydrogen-bond donors (Lipinski definition) is 1. The zero-order valence-electron chi connectivity index (χ0n) is 7.23. The van der Waals surface area contributed by atoms with Crippen molar-refractivity contribution in [3.8, 4) is 0 Å². The second-order valence-corrected chi connectivity index (χ2v) is 5.48. The Hall–Kier alpha value is 0.300. The summed E-state index contributed by atoms with van der Waals surface area (Å²) in [5, 5.41) is 2.62. The van der Waals surface area contributed by atoms with Gasteiger partial charge in [0.05, 0.1) is 0 Å². The fourth-order valence-corrected chi connectivity index (χ4v) is 1.49. The van der Waals surface area contributed by atoms with Crippen LogP contribution in [0.2, 0.25) is 0 Å². The van der Waals surface area contributed by atoms with Crippen LogP contribution >= 0.6 is 34.8 Å². The first-order chi connectivity index (χ1) is 5.78. The SMILES string of the molecule is CC[C@@]1(C)NC(=O)[C@H](C(Cl)(Cl)Cl)O1. The van der Waals surface area contributed by atoms with Gasteiger partial charge in [-0.1, -0.05) is 41.7 Å². The van der Waals surface area contributed by atoms with Crippen molar-refractivity contribution in [3.05, 3.63) is 0 Å². The third kappa shape index (κ3) is 2.40. The van der Waals surface area contributed by atoms with Gasteiger partial charge in [-0.25, -0.2) is 0 Å². The molecule has 0 aromatic heterocycles. The average Bonchev–Trinajstić information content (AvgIpc) is 2.27. The smallest absolute Gasteiger partial charge is 0.255 e. The summed E-state index contributed by atoms with van der Waals surface area (Å²) in [4.78, 5) is 11.3. The highest BCUT2D eigenvalue weighted by molar-refractivity contribution is 6.68. The van der Waals surface area contributed by atoms with Crippen molar-refractivity contribution in [3.63, 3.8) is 0 Å². The molecule has 13 heavy (non-hydrogen) atoms. The minimum absolute atomic E-state index is 0.385. The second-order valence-electron chi connectivity index (χ2n) is 3.11. The summed E-state index contributed by atoms with van der Waals surface area (Å²) in [6.07, 6.45) is -0.404. The number of halogens is 3. The molecule has 0 bridgehead atoms. The van der Waals surface area contributed by atoms with Crippen molar-refractivity contribution in [2.75, 3.05) is 0 Å². The van der Waals surface area contributed by atoms with Crippen molar-refractivity contribution in [2.45, 2.75) is 35.9 Å². The van der Waals surface area contributed by atoms with Crippen LogP contribution in [0.3, 0.4) is 0 Å². The quantitative estimate of drug-likeness (QED) is 0.719. The maximum absolute atomic E-state index is 11.3. The summed E-state index contributed by atoms with van der Waals surface area (Å²) in [7, 11) is 0. The van der Waals surface area contributed by atoms with E-state index < -0.39 is 15.6 Å². The van der Waals surface area contributed by atoms with E-state index in [9.17, 15) is 4.79 Å². The fourth-order valence-electron chi connectivity index (χ4n) is 1.06. The van der Waals surface area contributed by atoms with Gasteiger partial charge in [0, 0.05) is 0 Å². The minimum Gasteiger partial charge on any atom is -0.338 e. The zero-order chi connectivity index (χ0) is 10.3. The Morgan fingerprint density at radius 2 is 2.15 bits per heavy atom. The summed E-state index contributed by atoms with van der Waals surface area (Å²) in [6.45, 7) is 3.61. The van der Waals surface area contributed by atoms with Crippen molar-refractivity contribution >= 4 is 40.7 Å². The predicted octanol–water partition coefficient (Wildman–Crippen LogP) is 2.00. The Labute approximate surface area is 91.7 Å². The molecule has 0 saturated carbocycles. The molecule has 1 saturated heterocycles. The first-order valence-corrected chi connectivity index (χ1v) is 4.98. The molecule has 1 amide bonds. The number of alkyl halides is 3. The van der Waals surface area contributed by atoms with Crippen LogP contribution in [-0.2, 0) is 9.53 Å². The van der Waals surface area contributed by atoms with Crippen LogP contribution in [-0.4, -0.2) is 21.5 Å². The lowest BCUT2D eigenvalue weighted by atomic mass is 10.2. The van der Waals surface area contributed by atoms with Crippen molar-refractivity contribution in [1.82, 2.24) is 5.32 Å². The number of amides is 1. The van der Waals surface area contributed by atoms with Gasteiger partial charge in [0.15, 0.2) is 6.10 Å². The Bertz CT molecular complexity index is 228. The van der Waals surface area contributed by atoms with Gasteiger partial charge in [-0.05, 0) is 13.3 Å². The van der Waals surface area contributed by atoms with E-state index in [1.807, 2.05) is 6.92 Å². The van der Waals surface area contributed by atoms with Crippen molar-refractivity contribution in [1.29, 1.82) is 0 Å². The average molecular weight is 247 g/mol. The largest absolute Gasteiger partial charge is 0.338 e. The molecule has 0 aliphatic carbocycles. The van der Waals surface area contributed by atoms with Gasteiger partial charge in [-0.2, -0.15) is 0 Å². The molecule has 3 nitrogen and oxygen atoms in total. The van der Waals surface area contributed by atoms with Crippen LogP contribution in [0.25, 0.3) is 0 Å². The number of carbonyl (C=O) groups excluding carboxylic acids is 1. The lowest BCUT2D eigenvalue weighted by Crippen LogP contribution is -2.38. The topological polar surface area (TPSA) is 38.3 Å². The summed E-state index contributed by atoms with van der Waals surface area (Å²) in [5.74, 6) is -0.385. The molecule has 1 fully saturated rings. The Balaban J connectivity index is 2.79. The van der Waals surface area contributed by atoms with Gasteiger partial charge >= 0.3 is 0 Å². The van der Waals surface area contributed by atoms with E-state index in [0.29, 0.717) is 6.42 Å². The first kappa shape index (κ1) is 11.4. The van der Waals surface area contributed by atoms with E-state index >= 15 is 0 Å². The molecular formula is C7H10Cl3NO2. The molecule has 2 atom stereocenters. The van der Waals surface area contributed by atoms with Gasteiger partial charge in [0.1, 0.15) is 5.72 Å². The molecule has 1 N–H and O–H groups in total. The molecule has 1 heterocycles. The molecule has 0 unspecified atom stereocenters. The number of carbonyl (C=O) groups is 1. The van der Waals surface area contributed by atoms with E-state index in [1.165, 1.54) is 0 Å². The summed E-state index contributed by atoms with van der Waals surface area (Å²) in [5.41, 5.74) is -0.717. The van der Waals surface area contributed by atoms with Crippen LogP contribution in [0.5, 0.6) is 0 Å². The molecule has 0 aromatic rings. The Kier molecular flexibility index (Phi) is 3.03. The maximum atomic E-state index is 11.3. The maximum Gasteiger partial charge on any atom is 0.255 e. The lowest BCUT2D eigenvalue weighted by Gasteiger charge is -2.23. The van der Waals surface area contributed by atoms with E-state index in [0.717, 1.165) is 0 Å². The van der Waals surface area contributed by atoms with Crippen LogP contribution in [0.15, 0.2) is 0 Å². The molecule has 0 aromatic carbocycles. The highest BCUT2D eigenvalue weighted by Gasteiger charge is 2.50. The highest BCUT2D eigenvalue weighted by Crippen LogP contribution is 2.37. The van der Waals surface area contributed by atoms with Crippen molar-refractivity contribution < 1.29 is 9.53 Å². The Morgan fingerprint density at radius 3 is 2.38 bits per heavy atom. The monoisotopic (exact) mass is 245 g/mol. The van der Waals surface area contributed by atoms with E-state index in [2.05, 4.69) is 5.32 Å².